The van der Waals surface area contributed by atoms with E-state index in [0.29, 0.717) is 0 Å². The summed E-state index contributed by atoms with van der Waals surface area (Å²) in [6, 6.07) is 0. The molecule has 0 aromatic carbocycles. The van der Waals surface area contributed by atoms with Gasteiger partial charge in [0.1, 0.15) is 12.2 Å². The summed E-state index contributed by atoms with van der Waals surface area (Å²) in [7, 11) is 0. The number of carbonyl (C=O) groups excluding carboxylic acids is 1. The summed E-state index contributed by atoms with van der Waals surface area (Å²) in [5.41, 5.74) is -2.00. The molecule has 0 aliphatic rings. The van der Waals surface area contributed by atoms with Crippen molar-refractivity contribution < 1.29 is 30.3 Å². The van der Waals surface area contributed by atoms with Crippen LogP contribution < -0.4 is 0 Å². The Balaban J connectivity index is 4.78. The van der Waals surface area contributed by atoms with Gasteiger partial charge in [-0.25, -0.2) is 0 Å². The summed E-state index contributed by atoms with van der Waals surface area (Å²) in [4.78, 5) is 10.4. The van der Waals surface area contributed by atoms with Crippen molar-refractivity contribution >= 4 is 40.0 Å². The molecule has 0 aromatic heterocycles. The van der Waals surface area contributed by atoms with E-state index in [4.69, 9.17) is 55.2 Å². The summed E-state index contributed by atoms with van der Waals surface area (Å²) in [6.07, 6.45) is -6.73. The van der Waals surface area contributed by atoms with Crippen LogP contribution in [-0.2, 0) is 4.79 Å². The lowest BCUT2D eigenvalue weighted by molar-refractivity contribution is -0.154. The van der Waals surface area contributed by atoms with E-state index in [2.05, 4.69) is 0 Å². The van der Waals surface area contributed by atoms with Crippen molar-refractivity contribution in [3.8, 4) is 0 Å². The Labute approximate surface area is 99.6 Å². The van der Waals surface area contributed by atoms with Crippen LogP contribution in [0, 0.1) is 0 Å². The molecule has 0 rings (SSSR count). The largest absolute Gasteiger partial charge is 0.385 e. The maximum atomic E-state index is 10.4. The van der Waals surface area contributed by atoms with Crippen molar-refractivity contribution in [1.82, 2.24) is 0 Å². The van der Waals surface area contributed by atoms with Gasteiger partial charge in [-0.05, 0) is 11.6 Å². The van der Waals surface area contributed by atoms with E-state index in [0.717, 1.165) is 0 Å². The van der Waals surface area contributed by atoms with E-state index in [1.807, 2.05) is 0 Å². The fourth-order valence-corrected chi connectivity index (χ4v) is 1.33. The van der Waals surface area contributed by atoms with Crippen LogP contribution in [0.15, 0.2) is 0 Å². The molecule has 15 heavy (non-hydrogen) atoms. The van der Waals surface area contributed by atoms with E-state index < -0.39 is 34.2 Å². The van der Waals surface area contributed by atoms with E-state index in [-0.39, 0.29) is 0 Å². The van der Waals surface area contributed by atoms with Crippen LogP contribution in [0.3, 0.4) is 0 Å². The monoisotopic (exact) mass is 282 g/mol. The van der Waals surface area contributed by atoms with Crippen molar-refractivity contribution in [2.24, 2.45) is 0 Å². The fraction of sp³-hybridized carbons (Fsp3) is 0.833. The summed E-state index contributed by atoms with van der Waals surface area (Å²) in [5.74, 6) is 0. The minimum atomic E-state index is -2.91. The first-order valence-corrected chi connectivity index (χ1v) is 4.78. The van der Waals surface area contributed by atoms with Crippen LogP contribution in [0.4, 0.5) is 0 Å². The van der Waals surface area contributed by atoms with Gasteiger partial charge in [-0.1, -0.05) is 23.2 Å². The Kier molecular flexibility index (Phi) is 5.73. The van der Waals surface area contributed by atoms with Crippen LogP contribution >= 0.6 is 34.8 Å². The highest BCUT2D eigenvalue weighted by atomic mass is 35.5. The second-order valence-corrected chi connectivity index (χ2v) is 4.16. The average molecular weight is 283 g/mol. The van der Waals surface area contributed by atoms with Crippen LogP contribution in [0.25, 0.3) is 0 Å². The first-order valence-electron chi connectivity index (χ1n) is 3.59. The van der Waals surface area contributed by atoms with Crippen molar-refractivity contribution in [1.29, 1.82) is 0 Å². The molecule has 0 bridgehead atoms. The highest BCUT2D eigenvalue weighted by Gasteiger charge is 2.48. The standard InChI is InChI=1S/C6H9Cl3O6/c7-4(13)1(10)2(11)6(9,15)3(12)5(8)14/h1-3,5,10-12,14-15H/t1-,2-,3-,5?,6-/m1/s1. The zero-order valence-corrected chi connectivity index (χ0v) is 9.36. The van der Waals surface area contributed by atoms with Crippen LogP contribution in [0.5, 0.6) is 0 Å². The van der Waals surface area contributed by atoms with Gasteiger partial charge in [0.15, 0.2) is 16.7 Å². The Bertz CT molecular complexity index is 233. The third kappa shape index (κ3) is 3.69. The van der Waals surface area contributed by atoms with Gasteiger partial charge >= 0.3 is 0 Å². The molecule has 0 aliphatic carbocycles. The molecule has 0 aliphatic heterocycles. The average Bonchev–Trinajstić information content (AvgIpc) is 2.13. The topological polar surface area (TPSA) is 118 Å². The van der Waals surface area contributed by atoms with E-state index in [1.165, 1.54) is 0 Å². The van der Waals surface area contributed by atoms with Crippen molar-refractivity contribution in [3.05, 3.63) is 0 Å². The molecule has 0 spiro atoms. The lowest BCUT2D eigenvalue weighted by Crippen LogP contribution is -2.56. The van der Waals surface area contributed by atoms with Gasteiger partial charge in [-0.15, -0.1) is 0 Å². The maximum absolute atomic E-state index is 10.4. The molecule has 9 heteroatoms. The molecule has 0 heterocycles. The predicted molar refractivity (Wildman–Crippen MR) is 51.5 cm³/mol. The minimum absolute atomic E-state index is 1.39. The predicted octanol–water partition coefficient (Wildman–Crippen LogP) is -1.68. The first kappa shape index (κ1) is 15.3. The molecule has 6 nitrogen and oxygen atoms in total. The number of hydrogen-bond donors (Lipinski definition) is 5. The van der Waals surface area contributed by atoms with E-state index in [9.17, 15) is 9.90 Å². The zero-order chi connectivity index (χ0) is 12.4. The van der Waals surface area contributed by atoms with Gasteiger partial charge in [0, 0.05) is 0 Å². The molecule has 0 aromatic rings. The van der Waals surface area contributed by atoms with Crippen LogP contribution in [-0.4, -0.2) is 59.7 Å². The minimum Gasteiger partial charge on any atom is -0.385 e. The molecule has 0 fully saturated rings. The molecule has 0 radical (unpaired) electrons. The van der Waals surface area contributed by atoms with Crippen LogP contribution in [0.1, 0.15) is 0 Å². The normalized spacial score (nSPS) is 23.7. The van der Waals surface area contributed by atoms with Crippen molar-refractivity contribution in [2.45, 2.75) is 28.9 Å². The number of aliphatic hydroxyl groups excluding tert-OH is 4. The highest BCUT2D eigenvalue weighted by Crippen LogP contribution is 2.27. The fourth-order valence-electron chi connectivity index (χ4n) is 0.713. The Hall–Kier alpha value is 0.340. The van der Waals surface area contributed by atoms with Gasteiger partial charge < -0.3 is 25.5 Å². The van der Waals surface area contributed by atoms with Crippen LogP contribution in [0.2, 0.25) is 0 Å². The molecule has 5 N–H and O–H groups in total. The van der Waals surface area contributed by atoms with Gasteiger partial charge in [0.2, 0.25) is 0 Å². The Morgan fingerprint density at radius 3 is 1.80 bits per heavy atom. The number of carbonyl (C=O) groups is 1. The van der Waals surface area contributed by atoms with E-state index in [1.54, 1.807) is 0 Å². The van der Waals surface area contributed by atoms with Crippen molar-refractivity contribution in [3.63, 3.8) is 0 Å². The Morgan fingerprint density at radius 1 is 1.13 bits per heavy atom. The summed E-state index contributed by atoms with van der Waals surface area (Å²) in [5, 5.41) is 40.9. The number of halogens is 3. The zero-order valence-electron chi connectivity index (χ0n) is 7.09. The maximum Gasteiger partial charge on any atom is 0.253 e. The molecule has 1 unspecified atom stereocenters. The first-order chi connectivity index (χ1) is 6.62. The molecule has 5 atom stereocenters. The number of alkyl halides is 2. The summed E-state index contributed by atoms with van der Waals surface area (Å²) in [6.45, 7) is 0. The molecular weight excluding hydrogens is 274 g/mol. The van der Waals surface area contributed by atoms with E-state index >= 15 is 0 Å². The second kappa shape index (κ2) is 5.60. The second-order valence-electron chi connectivity index (χ2n) is 2.74. The summed E-state index contributed by atoms with van der Waals surface area (Å²) >= 11 is 15.0. The number of aliphatic hydroxyl groups is 5. The summed E-state index contributed by atoms with van der Waals surface area (Å²) < 4.78 is 0. The molecule has 90 valence electrons. The lowest BCUT2D eigenvalue weighted by atomic mass is 10.0. The SMILES string of the molecule is O=C(Cl)[C@H](O)[C@@H](O)[C@](O)(Cl)[C@H](O)C(O)Cl. The number of hydrogen-bond acceptors (Lipinski definition) is 6. The lowest BCUT2D eigenvalue weighted by Gasteiger charge is -2.33. The molecule has 0 saturated heterocycles. The Morgan fingerprint density at radius 2 is 1.53 bits per heavy atom. The van der Waals surface area contributed by atoms with Gasteiger partial charge in [0.25, 0.3) is 5.24 Å². The van der Waals surface area contributed by atoms with Crippen molar-refractivity contribution in [2.75, 3.05) is 0 Å². The molecular formula is C6H9Cl3O6. The highest BCUT2D eigenvalue weighted by molar-refractivity contribution is 6.64. The third-order valence-electron chi connectivity index (χ3n) is 1.62. The smallest absolute Gasteiger partial charge is 0.253 e. The number of rotatable bonds is 5. The van der Waals surface area contributed by atoms with Gasteiger partial charge in [-0.3, -0.25) is 4.79 Å². The quantitative estimate of drug-likeness (QED) is 0.304. The van der Waals surface area contributed by atoms with Gasteiger partial charge in [-0.2, -0.15) is 0 Å². The van der Waals surface area contributed by atoms with Gasteiger partial charge in [0.05, 0.1) is 0 Å². The molecule has 0 saturated carbocycles. The molecule has 0 amide bonds. The third-order valence-corrected chi connectivity index (χ3v) is 2.53.